The van der Waals surface area contributed by atoms with E-state index < -0.39 is 42.9 Å². The molecule has 0 bridgehead atoms. The summed E-state index contributed by atoms with van der Waals surface area (Å²) >= 11 is 0. The number of rotatable bonds is 7. The van der Waals surface area contributed by atoms with Gasteiger partial charge in [0.15, 0.2) is 6.23 Å². The lowest BCUT2D eigenvalue weighted by atomic mass is 10.1. The van der Waals surface area contributed by atoms with E-state index in [1.54, 1.807) is 20.3 Å². The van der Waals surface area contributed by atoms with Crippen LogP contribution in [0.3, 0.4) is 0 Å². The molecule has 0 spiro atoms. The molecule has 2 rings (SSSR count). The molecule has 1 saturated heterocycles. The Labute approximate surface area is 151 Å². The van der Waals surface area contributed by atoms with Gasteiger partial charge < -0.3 is 23.9 Å². The van der Waals surface area contributed by atoms with E-state index in [0.29, 0.717) is 12.2 Å². The largest absolute Gasteiger partial charge is 0.387 e. The number of methoxy groups -OCH3 is 1. The van der Waals surface area contributed by atoms with Gasteiger partial charge in [-0.15, -0.1) is 0 Å². The molecule has 1 aliphatic heterocycles. The first-order valence-electron chi connectivity index (χ1n) is 8.14. The molecular formula is C16H25N2O7P. The molecule has 0 unspecified atom stereocenters. The third kappa shape index (κ3) is 5.02. The highest BCUT2D eigenvalue weighted by molar-refractivity contribution is 7.65. The molecular weight excluding hydrogens is 363 g/mol. The van der Waals surface area contributed by atoms with E-state index in [0.717, 1.165) is 0 Å². The van der Waals surface area contributed by atoms with Gasteiger partial charge in [-0.3, -0.25) is 14.3 Å². The lowest BCUT2D eigenvalue weighted by molar-refractivity contribution is -0.0783. The van der Waals surface area contributed by atoms with Crippen LogP contribution in [0.5, 0.6) is 0 Å². The van der Waals surface area contributed by atoms with E-state index in [9.17, 15) is 19.3 Å². The standard InChI is InChI=1S/C16H25N2O7P/c1-10-9-18(16(21)17-14(10)20)15-13(24-7-6-23-2)12(19)11(25-15)5-8-26(3,4)22/h5,8-9,11-13,15,19H,6-7H2,1-4H3,(H,17,20,21)/b8-5+/t11-,12-,13-,15-/m1/s1. The molecule has 4 atom stereocenters. The van der Waals surface area contributed by atoms with Crippen LogP contribution in [0.2, 0.25) is 0 Å². The first kappa shape index (κ1) is 20.8. The third-order valence-corrected chi connectivity index (χ3v) is 4.79. The minimum atomic E-state index is -2.45. The first-order valence-corrected chi connectivity index (χ1v) is 10.8. The fourth-order valence-corrected chi connectivity index (χ4v) is 3.16. The monoisotopic (exact) mass is 388 g/mol. The van der Waals surface area contributed by atoms with E-state index in [1.807, 2.05) is 0 Å². The smallest absolute Gasteiger partial charge is 0.330 e. The van der Waals surface area contributed by atoms with Crippen molar-refractivity contribution in [2.45, 2.75) is 31.5 Å². The molecule has 10 heteroatoms. The predicted octanol–water partition coefficient (Wildman–Crippen LogP) is 0.271. The van der Waals surface area contributed by atoms with Gasteiger partial charge in [0.2, 0.25) is 0 Å². The Hall–Kier alpha value is -1.51. The van der Waals surface area contributed by atoms with Crippen molar-refractivity contribution < 1.29 is 23.9 Å². The lowest BCUT2D eigenvalue weighted by Gasteiger charge is -2.22. The Morgan fingerprint density at radius 2 is 2.08 bits per heavy atom. The van der Waals surface area contributed by atoms with Crippen LogP contribution in [0.25, 0.3) is 0 Å². The van der Waals surface area contributed by atoms with Gasteiger partial charge in [0.1, 0.15) is 25.5 Å². The van der Waals surface area contributed by atoms with Crippen LogP contribution in [-0.2, 0) is 18.8 Å². The normalized spacial score (nSPS) is 26.7. The summed E-state index contributed by atoms with van der Waals surface area (Å²) in [6.45, 7) is 5.22. The van der Waals surface area contributed by atoms with Crippen LogP contribution in [0.4, 0.5) is 0 Å². The number of H-pyrrole nitrogens is 1. The molecule has 2 N–H and O–H groups in total. The summed E-state index contributed by atoms with van der Waals surface area (Å²) in [5.74, 6) is 1.50. The van der Waals surface area contributed by atoms with Crippen molar-refractivity contribution in [2.24, 2.45) is 0 Å². The van der Waals surface area contributed by atoms with Crippen LogP contribution in [0.15, 0.2) is 27.7 Å². The fourth-order valence-electron chi connectivity index (χ4n) is 2.57. The maximum Gasteiger partial charge on any atom is 0.330 e. The second-order valence-electron chi connectivity index (χ2n) is 6.56. The number of hydrogen-bond donors (Lipinski definition) is 2. The molecule has 1 fully saturated rings. The minimum absolute atomic E-state index is 0.186. The Morgan fingerprint density at radius 3 is 2.69 bits per heavy atom. The summed E-state index contributed by atoms with van der Waals surface area (Å²) in [5, 5.41) is 10.6. The van der Waals surface area contributed by atoms with E-state index in [-0.39, 0.29) is 6.61 Å². The van der Waals surface area contributed by atoms with E-state index in [2.05, 4.69) is 4.98 Å². The van der Waals surface area contributed by atoms with Crippen molar-refractivity contribution in [3.8, 4) is 0 Å². The number of hydrogen-bond acceptors (Lipinski definition) is 7. The van der Waals surface area contributed by atoms with Crippen molar-refractivity contribution in [1.82, 2.24) is 9.55 Å². The molecule has 0 aromatic carbocycles. The molecule has 2 heterocycles. The van der Waals surface area contributed by atoms with Crippen LogP contribution in [0, 0.1) is 6.92 Å². The highest BCUT2D eigenvalue weighted by Crippen LogP contribution is 2.39. The van der Waals surface area contributed by atoms with Crippen molar-refractivity contribution in [2.75, 3.05) is 33.7 Å². The van der Waals surface area contributed by atoms with Crippen molar-refractivity contribution in [3.63, 3.8) is 0 Å². The molecule has 0 aliphatic carbocycles. The SMILES string of the molecule is COCCO[C@@H]1[C@H](O)[C@@H](/C=C/P(C)(C)=O)O[C@H]1n1cc(C)c(=O)[nH]c1=O. The number of aromatic nitrogens is 2. The van der Waals surface area contributed by atoms with E-state index in [1.165, 1.54) is 29.8 Å². The molecule has 1 aromatic heterocycles. The van der Waals surface area contributed by atoms with Crippen LogP contribution < -0.4 is 11.2 Å². The zero-order chi connectivity index (χ0) is 19.5. The molecule has 26 heavy (non-hydrogen) atoms. The van der Waals surface area contributed by atoms with Gasteiger partial charge in [-0.2, -0.15) is 0 Å². The number of nitrogens with zero attached hydrogens (tertiary/aromatic N) is 1. The summed E-state index contributed by atoms with van der Waals surface area (Å²) in [6.07, 6.45) is -0.828. The maximum absolute atomic E-state index is 12.2. The predicted molar refractivity (Wildman–Crippen MR) is 96.2 cm³/mol. The van der Waals surface area contributed by atoms with Gasteiger partial charge in [-0.1, -0.05) is 0 Å². The number of nitrogens with one attached hydrogen (secondary N) is 1. The minimum Gasteiger partial charge on any atom is -0.387 e. The zero-order valence-electron chi connectivity index (χ0n) is 15.2. The second kappa shape index (κ2) is 8.45. The van der Waals surface area contributed by atoms with E-state index in [4.69, 9.17) is 14.2 Å². The first-order chi connectivity index (χ1) is 12.1. The number of aryl methyl sites for hydroxylation is 1. The molecule has 1 aliphatic rings. The van der Waals surface area contributed by atoms with Gasteiger partial charge in [0.25, 0.3) is 5.56 Å². The van der Waals surface area contributed by atoms with Crippen molar-refractivity contribution in [3.05, 3.63) is 44.5 Å². The number of aliphatic hydroxyl groups is 1. The molecule has 0 amide bonds. The average molecular weight is 388 g/mol. The third-order valence-electron chi connectivity index (χ3n) is 3.90. The lowest BCUT2D eigenvalue weighted by Crippen LogP contribution is -2.40. The molecule has 146 valence electrons. The topological polar surface area (TPSA) is 120 Å². The molecule has 0 radical (unpaired) electrons. The quantitative estimate of drug-likeness (QED) is 0.508. The summed E-state index contributed by atoms with van der Waals surface area (Å²) < 4.78 is 29.5. The highest BCUT2D eigenvalue weighted by Gasteiger charge is 2.45. The van der Waals surface area contributed by atoms with Gasteiger partial charge in [0, 0.05) is 18.9 Å². The zero-order valence-corrected chi connectivity index (χ0v) is 16.1. The fraction of sp³-hybridized carbons (Fsp3) is 0.625. The summed E-state index contributed by atoms with van der Waals surface area (Å²) in [5.41, 5.74) is -0.834. The van der Waals surface area contributed by atoms with Crippen LogP contribution >= 0.6 is 7.14 Å². The van der Waals surface area contributed by atoms with Gasteiger partial charge in [-0.05, 0) is 32.1 Å². The maximum atomic E-state index is 12.2. The van der Waals surface area contributed by atoms with Gasteiger partial charge in [0.05, 0.1) is 13.2 Å². The molecule has 0 saturated carbocycles. The van der Waals surface area contributed by atoms with E-state index >= 15 is 0 Å². The highest BCUT2D eigenvalue weighted by atomic mass is 31.2. The molecule has 1 aromatic rings. The Bertz CT molecular complexity index is 810. The van der Waals surface area contributed by atoms with Crippen molar-refractivity contribution >= 4 is 7.14 Å². The second-order valence-corrected chi connectivity index (χ2v) is 9.73. The van der Waals surface area contributed by atoms with Crippen LogP contribution in [-0.4, -0.2) is 66.6 Å². The number of aromatic amines is 1. The molecule has 9 nitrogen and oxygen atoms in total. The van der Waals surface area contributed by atoms with Gasteiger partial charge in [-0.25, -0.2) is 4.79 Å². The van der Waals surface area contributed by atoms with Crippen LogP contribution in [0.1, 0.15) is 11.8 Å². The summed E-state index contributed by atoms with van der Waals surface area (Å²) in [6, 6.07) is 0. The van der Waals surface area contributed by atoms with Gasteiger partial charge >= 0.3 is 5.69 Å². The van der Waals surface area contributed by atoms with Crippen molar-refractivity contribution in [1.29, 1.82) is 0 Å². The Balaban J connectivity index is 2.36. The average Bonchev–Trinajstić information content (AvgIpc) is 2.85. The summed E-state index contributed by atoms with van der Waals surface area (Å²) in [4.78, 5) is 26.0. The Kier molecular flexibility index (Phi) is 6.76. The summed E-state index contributed by atoms with van der Waals surface area (Å²) in [7, 11) is -0.937. The number of ether oxygens (including phenoxy) is 3. The Morgan fingerprint density at radius 1 is 1.38 bits per heavy atom. The number of aliphatic hydroxyl groups excluding tert-OH is 1.